The Labute approximate surface area is 213 Å². The van der Waals surface area contributed by atoms with Gasteiger partial charge in [0.15, 0.2) is 0 Å². The molecule has 4 aromatic rings. The van der Waals surface area contributed by atoms with Crippen LogP contribution in [0.3, 0.4) is 0 Å². The number of likely N-dealkylation sites (N-methyl/N-ethyl adjacent to an activating group) is 1. The van der Waals surface area contributed by atoms with Crippen LogP contribution in [0.4, 0.5) is 5.69 Å². The first-order valence-corrected chi connectivity index (χ1v) is 11.9. The molecule has 3 heterocycles. The number of rotatable bonds is 6. The Hall–Kier alpha value is -4.73. The van der Waals surface area contributed by atoms with Crippen molar-refractivity contribution < 1.29 is 9.59 Å². The molecule has 188 valence electrons. The topological polar surface area (TPSA) is 134 Å². The summed E-state index contributed by atoms with van der Waals surface area (Å²) in [4.78, 5) is 36.5. The third-order valence-corrected chi connectivity index (χ3v) is 6.47. The summed E-state index contributed by atoms with van der Waals surface area (Å²) in [7, 11) is 3.41. The van der Waals surface area contributed by atoms with E-state index in [1.54, 1.807) is 25.2 Å². The number of para-hydroxylation sites is 1. The van der Waals surface area contributed by atoms with E-state index in [2.05, 4.69) is 25.5 Å². The fourth-order valence-electron chi connectivity index (χ4n) is 4.71. The number of aromatic nitrogens is 4. The maximum absolute atomic E-state index is 13.4. The van der Waals surface area contributed by atoms with Gasteiger partial charge in [-0.2, -0.15) is 0 Å². The molecule has 2 amide bonds. The first kappa shape index (κ1) is 24.0. The maximum atomic E-state index is 13.4. The zero-order chi connectivity index (χ0) is 26.1. The molecule has 1 aliphatic heterocycles. The molecular weight excluding hydrogens is 468 g/mol. The normalized spacial score (nSPS) is 16.2. The van der Waals surface area contributed by atoms with Gasteiger partial charge in [-0.25, -0.2) is 4.98 Å². The van der Waals surface area contributed by atoms with Gasteiger partial charge in [0.1, 0.15) is 11.9 Å². The predicted molar refractivity (Wildman–Crippen MR) is 143 cm³/mol. The van der Waals surface area contributed by atoms with E-state index in [4.69, 9.17) is 5.73 Å². The minimum Gasteiger partial charge on any atom is -0.402 e. The first-order valence-electron chi connectivity index (χ1n) is 11.9. The Morgan fingerprint density at radius 3 is 2.76 bits per heavy atom. The van der Waals surface area contributed by atoms with Crippen LogP contribution >= 0.6 is 0 Å². The number of aromatic amines is 1. The van der Waals surface area contributed by atoms with Crippen LogP contribution in [0.25, 0.3) is 16.5 Å². The molecule has 0 saturated carbocycles. The zero-order valence-corrected chi connectivity index (χ0v) is 20.9. The van der Waals surface area contributed by atoms with Crippen LogP contribution in [0.1, 0.15) is 34.5 Å². The highest BCUT2D eigenvalue weighted by Gasteiger charge is 2.32. The second kappa shape index (κ2) is 9.73. The van der Waals surface area contributed by atoms with Crippen molar-refractivity contribution in [2.75, 3.05) is 19.0 Å². The fraction of sp³-hybridized carbons (Fsp3) is 0.222. The quantitative estimate of drug-likeness (QED) is 0.353. The molecule has 1 atom stereocenters. The van der Waals surface area contributed by atoms with E-state index in [-0.39, 0.29) is 18.3 Å². The molecule has 0 saturated heterocycles. The number of nitrogens with two attached hydrogens (primary N) is 1. The minimum absolute atomic E-state index is 0.00961. The Morgan fingerprint density at radius 1 is 1.24 bits per heavy atom. The molecule has 0 unspecified atom stereocenters. The fourth-order valence-corrected chi connectivity index (χ4v) is 4.71. The van der Waals surface area contributed by atoms with Gasteiger partial charge in [-0.1, -0.05) is 42.5 Å². The first-order chi connectivity index (χ1) is 17.9. The summed E-state index contributed by atoms with van der Waals surface area (Å²) in [5.74, 6) is -0.191. The number of H-pyrrole nitrogens is 1. The average molecular weight is 497 g/mol. The number of benzene rings is 2. The third-order valence-electron chi connectivity index (χ3n) is 6.47. The number of hydrogen-bond acceptors (Lipinski definition) is 6. The van der Waals surface area contributed by atoms with E-state index in [1.807, 2.05) is 66.2 Å². The van der Waals surface area contributed by atoms with Gasteiger partial charge < -0.3 is 20.5 Å². The minimum atomic E-state index is -0.823. The summed E-state index contributed by atoms with van der Waals surface area (Å²) in [5.41, 5.74) is 11.2. The van der Waals surface area contributed by atoms with Crippen molar-refractivity contribution in [1.82, 2.24) is 25.1 Å². The average Bonchev–Trinajstić information content (AvgIpc) is 3.49. The lowest BCUT2D eigenvalue weighted by Gasteiger charge is -2.21. The summed E-state index contributed by atoms with van der Waals surface area (Å²) in [5, 5.41) is 10.7. The van der Waals surface area contributed by atoms with Crippen LogP contribution in [-0.4, -0.2) is 57.9 Å². The second-order valence-electron chi connectivity index (χ2n) is 9.04. The van der Waals surface area contributed by atoms with Crippen LogP contribution < -0.4 is 16.0 Å². The molecule has 0 spiro atoms. The molecule has 4 N–H and O–H groups in total. The van der Waals surface area contributed by atoms with Crippen LogP contribution in [0.5, 0.6) is 0 Å². The summed E-state index contributed by atoms with van der Waals surface area (Å²) in [6, 6.07) is 14.7. The van der Waals surface area contributed by atoms with Crippen molar-refractivity contribution in [1.29, 1.82) is 0 Å². The van der Waals surface area contributed by atoms with Crippen molar-refractivity contribution in [3.8, 4) is 0 Å². The molecule has 0 aliphatic carbocycles. The molecule has 2 aromatic heterocycles. The van der Waals surface area contributed by atoms with Crippen LogP contribution in [-0.2, 0) is 17.8 Å². The van der Waals surface area contributed by atoms with Crippen molar-refractivity contribution in [2.24, 2.45) is 10.7 Å². The zero-order valence-electron chi connectivity index (χ0n) is 20.9. The highest BCUT2D eigenvalue weighted by Crippen LogP contribution is 2.36. The van der Waals surface area contributed by atoms with Crippen LogP contribution in [0.2, 0.25) is 0 Å². The lowest BCUT2D eigenvalue weighted by molar-refractivity contribution is -0.120. The molecule has 10 nitrogen and oxygen atoms in total. The summed E-state index contributed by atoms with van der Waals surface area (Å²) in [6.45, 7) is 2.07. The van der Waals surface area contributed by atoms with Gasteiger partial charge in [0.25, 0.3) is 11.8 Å². The van der Waals surface area contributed by atoms with Gasteiger partial charge in [0, 0.05) is 55.1 Å². The number of nitrogens with one attached hydrogen (secondary N) is 2. The van der Waals surface area contributed by atoms with Gasteiger partial charge in [-0.05, 0) is 18.6 Å². The summed E-state index contributed by atoms with van der Waals surface area (Å²) in [6.07, 6.45) is 4.21. The van der Waals surface area contributed by atoms with E-state index < -0.39 is 11.9 Å². The maximum Gasteiger partial charge on any atom is 0.291 e. The molecule has 0 fully saturated rings. The van der Waals surface area contributed by atoms with Crippen LogP contribution in [0.15, 0.2) is 65.4 Å². The van der Waals surface area contributed by atoms with E-state index in [9.17, 15) is 9.59 Å². The smallest absolute Gasteiger partial charge is 0.291 e. The Bertz CT molecular complexity index is 1540. The highest BCUT2D eigenvalue weighted by atomic mass is 16.2. The highest BCUT2D eigenvalue weighted by molar-refractivity contribution is 6.18. The Morgan fingerprint density at radius 2 is 2.03 bits per heavy atom. The monoisotopic (exact) mass is 496 g/mol. The number of allylic oxidation sites excluding steroid dienone is 2. The van der Waals surface area contributed by atoms with Gasteiger partial charge in [-0.15, -0.1) is 5.10 Å². The predicted octanol–water partition coefficient (Wildman–Crippen LogP) is 2.52. The Kier molecular flexibility index (Phi) is 6.31. The molecule has 10 heteroatoms. The van der Waals surface area contributed by atoms with Crippen molar-refractivity contribution in [3.05, 3.63) is 83.2 Å². The number of carbonyl (C=O) groups is 2. The van der Waals surface area contributed by atoms with E-state index in [0.717, 1.165) is 33.3 Å². The Balaban J connectivity index is 1.45. The number of nitrogens with zero attached hydrogens (tertiary/aromatic N) is 5. The number of carbonyl (C=O) groups excluding carboxylic acids is 2. The van der Waals surface area contributed by atoms with Crippen molar-refractivity contribution >= 4 is 40.2 Å². The lowest BCUT2D eigenvalue weighted by atomic mass is 10.0. The molecule has 5 rings (SSSR count). The summed E-state index contributed by atoms with van der Waals surface area (Å²) >= 11 is 0. The molecular formula is C27H28N8O2. The van der Waals surface area contributed by atoms with Crippen LogP contribution in [0, 0.1) is 0 Å². The molecule has 0 bridgehead atoms. The van der Waals surface area contributed by atoms with Crippen molar-refractivity contribution in [3.63, 3.8) is 0 Å². The number of hydrogen-bond donors (Lipinski definition) is 3. The summed E-state index contributed by atoms with van der Waals surface area (Å²) < 4.78 is 1.98. The lowest BCUT2D eigenvalue weighted by Crippen LogP contribution is -2.48. The molecule has 37 heavy (non-hydrogen) atoms. The van der Waals surface area contributed by atoms with E-state index >= 15 is 0 Å². The van der Waals surface area contributed by atoms with Gasteiger partial charge in [0.2, 0.25) is 5.82 Å². The number of aliphatic imine (C=N–C) groups is 1. The second-order valence-corrected chi connectivity index (χ2v) is 9.04. The molecule has 1 aliphatic rings. The SMILES string of the molecule is CN=C/C(=C(/C)N)c1cn2c3c(cccc13)N(C)C(=O)[C@@H](NC(=O)c1n[nH]c(Cc3ccccc3)n1)C2. The molecule has 2 aromatic carbocycles. The number of amides is 2. The molecule has 0 radical (unpaired) electrons. The van der Waals surface area contributed by atoms with Gasteiger partial charge in [0.05, 0.1) is 17.7 Å². The largest absolute Gasteiger partial charge is 0.402 e. The van der Waals surface area contributed by atoms with E-state index in [1.165, 1.54) is 0 Å². The van der Waals surface area contributed by atoms with E-state index in [0.29, 0.717) is 17.9 Å². The third kappa shape index (κ3) is 4.49. The van der Waals surface area contributed by atoms with Gasteiger partial charge in [-0.3, -0.25) is 19.7 Å². The number of anilines is 1. The standard InChI is InChI=1S/C27H28N8O2/c1-16(28)19(13-29-2)20-14-35-15-21(27(37)34(3)22-11-7-10-18(20)24(22)35)30-26(36)25-31-23(32-33-25)12-17-8-5-4-6-9-17/h4-11,13-14,21H,12,15,28H2,1-3H3,(H,30,36)(H,31,32,33)/b19-16+,29-13?/t21-/m0/s1. The van der Waals surface area contributed by atoms with Gasteiger partial charge >= 0.3 is 0 Å². The van der Waals surface area contributed by atoms with Crippen molar-refractivity contribution in [2.45, 2.75) is 25.9 Å².